The van der Waals surface area contributed by atoms with E-state index in [1.165, 1.54) is 23.6 Å². The van der Waals surface area contributed by atoms with E-state index in [1.807, 2.05) is 13.0 Å². The average molecular weight is 476 g/mol. The van der Waals surface area contributed by atoms with E-state index in [2.05, 4.69) is 34.8 Å². The van der Waals surface area contributed by atoms with E-state index in [9.17, 15) is 0 Å². The Balaban J connectivity index is -0.000000123. The van der Waals surface area contributed by atoms with E-state index in [-0.39, 0.29) is 28.5 Å². The molecule has 0 aliphatic rings. The van der Waals surface area contributed by atoms with Gasteiger partial charge >= 0.3 is 21.1 Å². The number of aliphatic imine (C=N–C) groups is 1. The molecule has 0 spiro atoms. The van der Waals surface area contributed by atoms with Gasteiger partial charge in [0.2, 0.25) is 0 Å². The SMILES string of the molecule is C/C=C(Br)\N=C(\C)CCCC.CN(C)[NH-].[CH3-].[W+2]. The molecule has 102 valence electrons. The fourth-order valence-corrected chi connectivity index (χ4v) is 1.04. The van der Waals surface area contributed by atoms with Gasteiger partial charge in [-0.2, -0.15) is 0 Å². The van der Waals surface area contributed by atoms with E-state index >= 15 is 0 Å². The predicted molar refractivity (Wildman–Crippen MR) is 79.7 cm³/mol. The third-order valence-electron chi connectivity index (χ3n) is 1.43. The Kier molecular flexibility index (Phi) is 29.0. The van der Waals surface area contributed by atoms with Gasteiger partial charge in [-0.05, 0) is 56.7 Å². The summed E-state index contributed by atoms with van der Waals surface area (Å²) in [5.74, 6) is 6.42. The van der Waals surface area contributed by atoms with Crippen molar-refractivity contribution in [3.05, 3.63) is 24.0 Å². The maximum absolute atomic E-state index is 6.42. The molecule has 0 fully saturated rings. The molecule has 0 saturated carbocycles. The number of unbranched alkanes of at least 4 members (excludes halogenated alkanes) is 1. The van der Waals surface area contributed by atoms with E-state index < -0.39 is 0 Å². The molecule has 17 heavy (non-hydrogen) atoms. The van der Waals surface area contributed by atoms with Crippen molar-refractivity contribution in [1.82, 2.24) is 5.01 Å². The van der Waals surface area contributed by atoms with Crippen LogP contribution >= 0.6 is 15.9 Å². The number of rotatable bonds is 4. The monoisotopic (exact) mass is 475 g/mol. The molecular formula is C12H26BrN3W. The number of nitrogens with one attached hydrogen (secondary N) is 1. The van der Waals surface area contributed by atoms with Crippen molar-refractivity contribution >= 4 is 21.6 Å². The summed E-state index contributed by atoms with van der Waals surface area (Å²) in [6.45, 7) is 6.24. The zero-order valence-corrected chi connectivity index (χ0v) is 16.4. The molecule has 0 radical (unpaired) electrons. The van der Waals surface area contributed by atoms with Crippen LogP contribution in [0, 0.1) is 7.43 Å². The second kappa shape index (κ2) is 18.9. The minimum absolute atomic E-state index is 0. The van der Waals surface area contributed by atoms with Crippen LogP contribution < -0.4 is 0 Å². The maximum atomic E-state index is 6.42. The van der Waals surface area contributed by atoms with E-state index in [0.29, 0.717) is 0 Å². The first-order valence-corrected chi connectivity index (χ1v) is 5.97. The molecular weight excluding hydrogens is 450 g/mol. The van der Waals surface area contributed by atoms with Crippen LogP contribution in [0.2, 0.25) is 0 Å². The van der Waals surface area contributed by atoms with Crippen LogP contribution in [0.15, 0.2) is 15.7 Å². The zero-order valence-electron chi connectivity index (χ0n) is 11.9. The summed E-state index contributed by atoms with van der Waals surface area (Å²) in [4.78, 5) is 4.33. The van der Waals surface area contributed by atoms with E-state index in [4.69, 9.17) is 5.84 Å². The Morgan fingerprint density at radius 2 is 1.82 bits per heavy atom. The minimum atomic E-state index is 0. The van der Waals surface area contributed by atoms with E-state index in [1.54, 1.807) is 14.1 Å². The van der Waals surface area contributed by atoms with Gasteiger partial charge in [0.05, 0.1) is 0 Å². The fourth-order valence-electron chi connectivity index (χ4n) is 0.735. The van der Waals surface area contributed by atoms with Gasteiger partial charge in [0.25, 0.3) is 0 Å². The van der Waals surface area contributed by atoms with Gasteiger partial charge in [-0.3, -0.25) is 4.99 Å². The van der Waals surface area contributed by atoms with Crippen molar-refractivity contribution in [3.63, 3.8) is 0 Å². The Morgan fingerprint density at radius 3 is 2.12 bits per heavy atom. The Bertz CT molecular complexity index is 201. The third-order valence-corrected chi connectivity index (χ3v) is 2.06. The molecule has 0 aliphatic heterocycles. The molecule has 0 rings (SSSR count). The van der Waals surface area contributed by atoms with Crippen molar-refractivity contribution in [3.8, 4) is 0 Å². The van der Waals surface area contributed by atoms with Crippen LogP contribution in [0.3, 0.4) is 0 Å². The molecule has 0 unspecified atom stereocenters. The molecule has 0 amide bonds. The maximum Gasteiger partial charge on any atom is 2.00 e. The predicted octanol–water partition coefficient (Wildman–Crippen LogP) is 4.86. The van der Waals surface area contributed by atoms with Gasteiger partial charge in [0.15, 0.2) is 0 Å². The van der Waals surface area contributed by atoms with E-state index in [0.717, 1.165) is 11.0 Å². The summed E-state index contributed by atoms with van der Waals surface area (Å²) >= 11 is 3.34. The van der Waals surface area contributed by atoms with Crippen LogP contribution in [0.4, 0.5) is 0 Å². The van der Waals surface area contributed by atoms with Crippen LogP contribution in [-0.2, 0) is 21.1 Å². The first-order valence-electron chi connectivity index (χ1n) is 5.18. The summed E-state index contributed by atoms with van der Waals surface area (Å²) in [6, 6.07) is 0. The average Bonchev–Trinajstić information content (AvgIpc) is 2.13. The largest absolute Gasteiger partial charge is 2.00 e. The third kappa shape index (κ3) is 31.5. The zero-order chi connectivity index (χ0) is 12.3. The second-order valence-electron chi connectivity index (χ2n) is 3.46. The number of nitrogens with zero attached hydrogens (tertiary/aromatic N) is 2. The Hall–Kier alpha value is 0.498. The van der Waals surface area contributed by atoms with Gasteiger partial charge in [-0.15, -0.1) is 0 Å². The summed E-state index contributed by atoms with van der Waals surface area (Å²) in [6.07, 6.45) is 5.54. The Morgan fingerprint density at radius 1 is 1.41 bits per heavy atom. The van der Waals surface area contributed by atoms with Crippen molar-refractivity contribution < 1.29 is 21.1 Å². The van der Waals surface area contributed by atoms with Gasteiger partial charge in [-0.1, -0.05) is 19.4 Å². The molecule has 0 bridgehead atoms. The van der Waals surface area contributed by atoms with Crippen molar-refractivity contribution in [2.75, 3.05) is 14.1 Å². The van der Waals surface area contributed by atoms with Gasteiger partial charge in [-0.25, -0.2) is 0 Å². The van der Waals surface area contributed by atoms with Crippen LogP contribution in [-0.4, -0.2) is 24.8 Å². The van der Waals surface area contributed by atoms with Gasteiger partial charge < -0.3 is 18.3 Å². The van der Waals surface area contributed by atoms with Crippen molar-refractivity contribution in [2.24, 2.45) is 4.99 Å². The molecule has 0 aromatic rings. The molecule has 3 nitrogen and oxygen atoms in total. The van der Waals surface area contributed by atoms with Crippen molar-refractivity contribution in [2.45, 2.75) is 40.0 Å². The number of halogens is 1. The minimum Gasteiger partial charge on any atom is -0.610 e. The van der Waals surface area contributed by atoms with Crippen LogP contribution in [0.25, 0.3) is 5.84 Å². The standard InChI is InChI=1S/C9H16BrN.C2H7N2.CH3.W/c1-4-6-7-8(3)11-9(10)5-2;1-4(2)3;;/h5H,4,6-7H2,1-3H3;3H,1-2H3;1H3;/q;2*-1;+2/b9-5-,11-8-;;;. The Labute approximate surface area is 130 Å². The summed E-state index contributed by atoms with van der Waals surface area (Å²) in [5.41, 5.74) is 1.21. The molecule has 0 heterocycles. The fraction of sp³-hybridized carbons (Fsp3) is 0.667. The quantitative estimate of drug-likeness (QED) is 0.248. The number of hydrogen-bond acceptors (Lipinski definition) is 2. The van der Waals surface area contributed by atoms with Crippen LogP contribution in [0.5, 0.6) is 0 Å². The molecule has 0 atom stereocenters. The second-order valence-corrected chi connectivity index (χ2v) is 4.27. The first-order chi connectivity index (χ1) is 6.93. The molecule has 0 aromatic heterocycles. The molecule has 0 saturated heterocycles. The number of hydrogen-bond donors (Lipinski definition) is 0. The molecule has 0 aliphatic carbocycles. The van der Waals surface area contributed by atoms with Crippen LogP contribution in [0.1, 0.15) is 40.0 Å². The topological polar surface area (TPSA) is 39.4 Å². The summed E-state index contributed by atoms with van der Waals surface area (Å²) in [5, 5.41) is 1.25. The number of allylic oxidation sites excluding steroid dienone is 1. The molecule has 0 aromatic carbocycles. The normalized spacial score (nSPS) is 11.1. The molecule has 1 N–H and O–H groups in total. The van der Waals surface area contributed by atoms with Crippen molar-refractivity contribution in [1.29, 1.82) is 0 Å². The van der Waals surface area contributed by atoms with Gasteiger partial charge in [0, 0.05) is 5.71 Å². The molecule has 5 heteroatoms. The summed E-state index contributed by atoms with van der Waals surface area (Å²) in [7, 11) is 3.33. The smallest absolute Gasteiger partial charge is 0.610 e. The van der Waals surface area contributed by atoms with Gasteiger partial charge in [0.1, 0.15) is 4.61 Å². The first kappa shape index (κ1) is 26.1. The summed E-state index contributed by atoms with van der Waals surface area (Å²) < 4.78 is 0.936.